The molecule has 2 rings (SSSR count). The van der Waals surface area contributed by atoms with E-state index in [-0.39, 0.29) is 25.0 Å². The van der Waals surface area contributed by atoms with Gasteiger partial charge in [0, 0.05) is 25.7 Å². The van der Waals surface area contributed by atoms with E-state index in [0.717, 1.165) is 3.57 Å². The van der Waals surface area contributed by atoms with Crippen LogP contribution >= 0.6 is 45.8 Å². The van der Waals surface area contributed by atoms with Crippen molar-refractivity contribution in [2.24, 2.45) is 0 Å². The first-order valence-electron chi connectivity index (χ1n) is 9.40. The molecule has 8 heteroatoms. The van der Waals surface area contributed by atoms with E-state index in [2.05, 4.69) is 27.9 Å². The summed E-state index contributed by atoms with van der Waals surface area (Å²) in [4.78, 5) is 27.2. The molecule has 0 aliphatic heterocycles. The van der Waals surface area contributed by atoms with Crippen molar-refractivity contribution in [3.8, 4) is 5.75 Å². The number of carbonyl (C=O) groups excluding carboxylic acids is 2. The summed E-state index contributed by atoms with van der Waals surface area (Å²) >= 11 is 14.5. The number of hydrogen-bond donors (Lipinski definition) is 1. The quantitative estimate of drug-likeness (QED) is 0.465. The lowest BCUT2D eigenvalue weighted by atomic mass is 10.1. The first-order valence-corrected chi connectivity index (χ1v) is 11.2. The lowest BCUT2D eigenvalue weighted by Gasteiger charge is -2.31. The summed E-state index contributed by atoms with van der Waals surface area (Å²) in [6, 6.07) is 11.7. The van der Waals surface area contributed by atoms with Gasteiger partial charge in [-0.2, -0.15) is 0 Å². The molecule has 1 atom stereocenters. The van der Waals surface area contributed by atoms with Gasteiger partial charge in [0.15, 0.2) is 6.61 Å². The Morgan fingerprint density at radius 2 is 1.77 bits per heavy atom. The highest BCUT2D eigenvalue weighted by molar-refractivity contribution is 14.1. The molecule has 0 saturated carbocycles. The van der Waals surface area contributed by atoms with Gasteiger partial charge in [-0.05, 0) is 92.2 Å². The molecule has 1 N–H and O–H groups in total. The molecule has 2 aromatic carbocycles. The Labute approximate surface area is 201 Å². The predicted molar refractivity (Wildman–Crippen MR) is 129 cm³/mol. The molecule has 0 aromatic heterocycles. The molecule has 0 saturated heterocycles. The Bertz CT molecular complexity index is 898. The molecule has 30 heavy (non-hydrogen) atoms. The highest BCUT2D eigenvalue weighted by atomic mass is 127. The van der Waals surface area contributed by atoms with Gasteiger partial charge in [0.2, 0.25) is 5.91 Å². The van der Waals surface area contributed by atoms with Crippen molar-refractivity contribution in [3.05, 3.63) is 61.6 Å². The van der Waals surface area contributed by atoms with Crippen LogP contribution in [-0.4, -0.2) is 34.9 Å². The number of nitrogens with zero attached hydrogens (tertiary/aromatic N) is 1. The zero-order valence-corrected chi connectivity index (χ0v) is 21.0. The average molecular weight is 563 g/mol. The molecule has 0 unspecified atom stereocenters. The second-order valence-corrected chi connectivity index (χ2v) is 10.0. The van der Waals surface area contributed by atoms with Crippen molar-refractivity contribution >= 4 is 57.6 Å². The Morgan fingerprint density at radius 3 is 2.33 bits per heavy atom. The van der Waals surface area contributed by atoms with Gasteiger partial charge in [0.25, 0.3) is 5.91 Å². The van der Waals surface area contributed by atoms with Crippen LogP contribution in [0, 0.1) is 3.57 Å². The first-order chi connectivity index (χ1) is 14.0. The van der Waals surface area contributed by atoms with Gasteiger partial charge in [-0.25, -0.2) is 0 Å². The summed E-state index contributed by atoms with van der Waals surface area (Å²) in [7, 11) is 0. The maximum Gasteiger partial charge on any atom is 0.261 e. The van der Waals surface area contributed by atoms with Crippen LogP contribution in [0.5, 0.6) is 5.75 Å². The molecule has 0 radical (unpaired) electrons. The van der Waals surface area contributed by atoms with Crippen LogP contribution in [0.15, 0.2) is 42.5 Å². The fraction of sp³-hybridized carbons (Fsp3) is 0.364. The number of amides is 2. The summed E-state index contributed by atoms with van der Waals surface area (Å²) in [6.45, 7) is 7.31. The van der Waals surface area contributed by atoms with Crippen LogP contribution in [0.1, 0.15) is 33.3 Å². The molecule has 0 aliphatic carbocycles. The van der Waals surface area contributed by atoms with Crippen LogP contribution in [0.25, 0.3) is 0 Å². The van der Waals surface area contributed by atoms with Crippen LogP contribution in [-0.2, 0) is 16.1 Å². The standard InChI is InChI=1S/C22H25Cl2IN2O3/c1-14(21(29)26-22(2,3)4)27(12-15-5-6-16(23)11-19(15)24)20(28)13-30-18-9-7-17(25)8-10-18/h5-11,14H,12-13H2,1-4H3,(H,26,29)/t14-/m1/s1. The van der Waals surface area contributed by atoms with Gasteiger partial charge in [-0.15, -0.1) is 0 Å². The largest absolute Gasteiger partial charge is 0.484 e. The second kappa shape index (κ2) is 10.7. The number of halogens is 3. The van der Waals surface area contributed by atoms with E-state index in [0.29, 0.717) is 21.4 Å². The second-order valence-electron chi connectivity index (χ2n) is 7.92. The van der Waals surface area contributed by atoms with Crippen LogP contribution in [0.3, 0.4) is 0 Å². The smallest absolute Gasteiger partial charge is 0.261 e. The molecule has 0 spiro atoms. The Morgan fingerprint density at radius 1 is 1.13 bits per heavy atom. The Hall–Kier alpha value is -1.51. The van der Waals surface area contributed by atoms with Crippen molar-refractivity contribution in [2.45, 2.75) is 45.8 Å². The summed E-state index contributed by atoms with van der Waals surface area (Å²) < 4.78 is 6.71. The van der Waals surface area contributed by atoms with E-state index >= 15 is 0 Å². The maximum atomic E-state index is 13.0. The van der Waals surface area contributed by atoms with Crippen molar-refractivity contribution < 1.29 is 14.3 Å². The van der Waals surface area contributed by atoms with Crippen molar-refractivity contribution in [2.75, 3.05) is 6.61 Å². The van der Waals surface area contributed by atoms with Gasteiger partial charge in [-0.1, -0.05) is 29.3 Å². The lowest BCUT2D eigenvalue weighted by Crippen LogP contribution is -2.53. The van der Waals surface area contributed by atoms with E-state index in [1.54, 1.807) is 37.3 Å². The van der Waals surface area contributed by atoms with Crippen molar-refractivity contribution in [1.82, 2.24) is 10.2 Å². The number of rotatable bonds is 7. The van der Waals surface area contributed by atoms with Gasteiger partial charge in [0.05, 0.1) is 0 Å². The number of carbonyl (C=O) groups is 2. The summed E-state index contributed by atoms with van der Waals surface area (Å²) in [5.74, 6) is 0.00589. The molecule has 0 bridgehead atoms. The SMILES string of the molecule is C[C@H](C(=O)NC(C)(C)C)N(Cc1ccc(Cl)cc1Cl)C(=O)COc1ccc(I)cc1. The zero-order valence-electron chi connectivity index (χ0n) is 17.3. The maximum absolute atomic E-state index is 13.0. The topological polar surface area (TPSA) is 58.6 Å². The third kappa shape index (κ3) is 7.63. The van der Waals surface area contributed by atoms with E-state index in [1.807, 2.05) is 32.9 Å². The predicted octanol–water partition coefficient (Wildman–Crippen LogP) is 5.31. The zero-order chi connectivity index (χ0) is 22.5. The van der Waals surface area contributed by atoms with Crippen LogP contribution in [0.4, 0.5) is 0 Å². The minimum atomic E-state index is -0.719. The molecule has 0 aliphatic rings. The van der Waals surface area contributed by atoms with Gasteiger partial charge < -0.3 is 15.0 Å². The highest BCUT2D eigenvalue weighted by Crippen LogP contribution is 2.23. The molecule has 5 nitrogen and oxygen atoms in total. The minimum absolute atomic E-state index is 0.156. The molecule has 2 aromatic rings. The van der Waals surface area contributed by atoms with E-state index in [4.69, 9.17) is 27.9 Å². The summed E-state index contributed by atoms with van der Waals surface area (Å²) in [5.41, 5.74) is 0.273. The molecular formula is C22H25Cl2IN2O3. The Balaban J connectivity index is 2.21. The van der Waals surface area contributed by atoms with Gasteiger partial charge in [-0.3, -0.25) is 9.59 Å². The fourth-order valence-corrected chi connectivity index (χ4v) is 3.48. The molecule has 162 valence electrons. The van der Waals surface area contributed by atoms with E-state index < -0.39 is 11.6 Å². The number of ether oxygens (including phenoxy) is 1. The molecular weight excluding hydrogens is 538 g/mol. The molecule has 2 amide bonds. The normalized spacial score (nSPS) is 12.2. The van der Waals surface area contributed by atoms with E-state index in [9.17, 15) is 9.59 Å². The van der Waals surface area contributed by atoms with Crippen molar-refractivity contribution in [1.29, 1.82) is 0 Å². The third-order valence-electron chi connectivity index (χ3n) is 4.20. The van der Waals surface area contributed by atoms with Crippen LogP contribution in [0.2, 0.25) is 10.0 Å². The lowest BCUT2D eigenvalue weighted by molar-refractivity contribution is -0.142. The van der Waals surface area contributed by atoms with Gasteiger partial charge >= 0.3 is 0 Å². The molecule has 0 fully saturated rings. The fourth-order valence-electron chi connectivity index (χ4n) is 2.65. The highest BCUT2D eigenvalue weighted by Gasteiger charge is 2.29. The average Bonchev–Trinajstić information content (AvgIpc) is 2.65. The minimum Gasteiger partial charge on any atom is -0.484 e. The number of hydrogen-bond acceptors (Lipinski definition) is 3. The Kier molecular flexibility index (Phi) is 8.82. The summed E-state index contributed by atoms with van der Waals surface area (Å²) in [6.07, 6.45) is 0. The van der Waals surface area contributed by atoms with Crippen LogP contribution < -0.4 is 10.1 Å². The van der Waals surface area contributed by atoms with Crippen molar-refractivity contribution in [3.63, 3.8) is 0 Å². The summed E-state index contributed by atoms with van der Waals surface area (Å²) in [5, 5.41) is 3.85. The van der Waals surface area contributed by atoms with E-state index in [1.165, 1.54) is 4.90 Å². The third-order valence-corrected chi connectivity index (χ3v) is 5.50. The number of benzene rings is 2. The monoisotopic (exact) mass is 562 g/mol. The molecule has 0 heterocycles. The number of nitrogens with one attached hydrogen (secondary N) is 1. The first kappa shape index (κ1) is 24.8. The van der Waals surface area contributed by atoms with Gasteiger partial charge in [0.1, 0.15) is 11.8 Å².